The van der Waals surface area contributed by atoms with Gasteiger partial charge in [0.2, 0.25) is 0 Å². The maximum atomic E-state index is 12.6. The number of imidazole rings is 1. The third-order valence-corrected chi connectivity index (χ3v) is 4.61. The van der Waals surface area contributed by atoms with E-state index in [0.717, 1.165) is 16.6 Å². The summed E-state index contributed by atoms with van der Waals surface area (Å²) in [5.74, 6) is 0.566. The summed E-state index contributed by atoms with van der Waals surface area (Å²) in [7, 11) is 0. The molecule has 0 saturated carbocycles. The van der Waals surface area contributed by atoms with Crippen LogP contribution in [-0.4, -0.2) is 21.2 Å². The summed E-state index contributed by atoms with van der Waals surface area (Å²) in [5.41, 5.74) is 3.34. The SMILES string of the molecule is CC(=O)C(C)n1c(C(C)NC(=O)c2cccc(C)c2)nc2ccccc21. The van der Waals surface area contributed by atoms with Crippen molar-refractivity contribution in [3.63, 3.8) is 0 Å². The third kappa shape index (κ3) is 3.38. The maximum Gasteiger partial charge on any atom is 0.251 e. The van der Waals surface area contributed by atoms with Gasteiger partial charge in [-0.1, -0.05) is 29.8 Å². The molecule has 0 bridgehead atoms. The second-order valence-corrected chi connectivity index (χ2v) is 6.68. The zero-order chi connectivity index (χ0) is 18.8. The fourth-order valence-corrected chi connectivity index (χ4v) is 3.09. The van der Waals surface area contributed by atoms with Crippen molar-refractivity contribution in [1.82, 2.24) is 14.9 Å². The van der Waals surface area contributed by atoms with E-state index >= 15 is 0 Å². The van der Waals surface area contributed by atoms with Crippen LogP contribution in [0.15, 0.2) is 48.5 Å². The van der Waals surface area contributed by atoms with Gasteiger partial charge >= 0.3 is 0 Å². The Kier molecular flexibility index (Phi) is 4.89. The fourth-order valence-electron chi connectivity index (χ4n) is 3.09. The Balaban J connectivity index is 1.97. The highest BCUT2D eigenvalue weighted by Gasteiger charge is 2.23. The number of carbonyl (C=O) groups excluding carboxylic acids is 2. The summed E-state index contributed by atoms with van der Waals surface area (Å²) in [5, 5.41) is 3.00. The van der Waals surface area contributed by atoms with Crippen LogP contribution in [0, 0.1) is 6.92 Å². The number of amides is 1. The van der Waals surface area contributed by atoms with Crippen LogP contribution >= 0.6 is 0 Å². The van der Waals surface area contributed by atoms with Gasteiger partial charge in [-0.3, -0.25) is 9.59 Å². The molecule has 0 saturated heterocycles. The third-order valence-electron chi connectivity index (χ3n) is 4.61. The molecule has 26 heavy (non-hydrogen) atoms. The molecule has 1 N–H and O–H groups in total. The molecule has 5 heteroatoms. The normalized spacial score (nSPS) is 13.4. The van der Waals surface area contributed by atoms with Crippen LogP contribution in [0.3, 0.4) is 0 Å². The minimum Gasteiger partial charge on any atom is -0.342 e. The predicted octanol–water partition coefficient (Wildman–Crippen LogP) is 3.99. The van der Waals surface area contributed by atoms with E-state index in [2.05, 4.69) is 10.3 Å². The van der Waals surface area contributed by atoms with Crippen molar-refractivity contribution in [3.05, 3.63) is 65.5 Å². The van der Waals surface area contributed by atoms with Crippen LogP contribution in [-0.2, 0) is 4.79 Å². The van der Waals surface area contributed by atoms with Crippen molar-refractivity contribution in [2.75, 3.05) is 0 Å². The quantitative estimate of drug-likeness (QED) is 0.757. The number of benzene rings is 2. The molecule has 0 aliphatic heterocycles. The summed E-state index contributed by atoms with van der Waals surface area (Å²) in [6, 6.07) is 14.5. The summed E-state index contributed by atoms with van der Waals surface area (Å²) >= 11 is 0. The number of aromatic nitrogens is 2. The van der Waals surface area contributed by atoms with E-state index in [1.165, 1.54) is 0 Å². The van der Waals surface area contributed by atoms with Crippen molar-refractivity contribution in [1.29, 1.82) is 0 Å². The Hall–Kier alpha value is -2.95. The first-order valence-electron chi connectivity index (χ1n) is 8.73. The van der Waals surface area contributed by atoms with Crippen molar-refractivity contribution in [3.8, 4) is 0 Å². The minimum absolute atomic E-state index is 0.0478. The van der Waals surface area contributed by atoms with Crippen LogP contribution in [0.2, 0.25) is 0 Å². The number of fused-ring (bicyclic) bond motifs is 1. The van der Waals surface area contributed by atoms with Crippen molar-refractivity contribution in [2.24, 2.45) is 0 Å². The largest absolute Gasteiger partial charge is 0.342 e. The fraction of sp³-hybridized carbons (Fsp3) is 0.286. The molecule has 0 aliphatic carbocycles. The predicted molar refractivity (Wildman–Crippen MR) is 102 cm³/mol. The van der Waals surface area contributed by atoms with Gasteiger partial charge in [-0.15, -0.1) is 0 Å². The van der Waals surface area contributed by atoms with Crippen LogP contribution in [0.4, 0.5) is 0 Å². The Labute approximate surface area is 153 Å². The molecule has 134 valence electrons. The van der Waals surface area contributed by atoms with Gasteiger partial charge in [0.1, 0.15) is 5.82 Å². The standard InChI is InChI=1S/C21H23N3O2/c1-13-8-7-9-17(12-13)21(26)22-14(2)20-23-18-10-5-6-11-19(18)24(20)15(3)16(4)25/h5-12,14-15H,1-4H3,(H,22,26). The van der Waals surface area contributed by atoms with Crippen molar-refractivity contribution in [2.45, 2.75) is 39.8 Å². The number of hydrogen-bond acceptors (Lipinski definition) is 3. The average molecular weight is 349 g/mol. The van der Waals surface area contributed by atoms with E-state index in [4.69, 9.17) is 0 Å². The van der Waals surface area contributed by atoms with Crippen LogP contribution < -0.4 is 5.32 Å². The molecule has 3 rings (SSSR count). The average Bonchev–Trinajstić information content (AvgIpc) is 3.00. The first kappa shape index (κ1) is 17.9. The van der Waals surface area contributed by atoms with Gasteiger partial charge in [-0.25, -0.2) is 4.98 Å². The number of hydrogen-bond donors (Lipinski definition) is 1. The molecule has 1 heterocycles. The summed E-state index contributed by atoms with van der Waals surface area (Å²) < 4.78 is 1.92. The lowest BCUT2D eigenvalue weighted by atomic mass is 10.1. The lowest BCUT2D eigenvalue weighted by Crippen LogP contribution is -2.30. The van der Waals surface area contributed by atoms with E-state index in [9.17, 15) is 9.59 Å². The Bertz CT molecular complexity index is 974. The van der Waals surface area contributed by atoms with Gasteiger partial charge in [-0.2, -0.15) is 0 Å². The Morgan fingerprint density at radius 2 is 1.81 bits per heavy atom. The Morgan fingerprint density at radius 1 is 1.08 bits per heavy atom. The molecular formula is C21H23N3O2. The van der Waals surface area contributed by atoms with E-state index < -0.39 is 0 Å². The molecule has 0 spiro atoms. The highest BCUT2D eigenvalue weighted by Crippen LogP contribution is 2.25. The lowest BCUT2D eigenvalue weighted by molar-refractivity contribution is -0.119. The number of Topliss-reactive ketones (excluding diaryl/α,β-unsaturated/α-hetero) is 1. The molecule has 0 aliphatic rings. The van der Waals surface area contributed by atoms with E-state index in [1.807, 2.05) is 67.8 Å². The van der Waals surface area contributed by atoms with E-state index in [0.29, 0.717) is 11.4 Å². The van der Waals surface area contributed by atoms with E-state index in [1.54, 1.807) is 13.0 Å². The summed E-state index contributed by atoms with van der Waals surface area (Å²) in [4.78, 5) is 29.3. The first-order valence-corrected chi connectivity index (χ1v) is 8.73. The Morgan fingerprint density at radius 3 is 2.50 bits per heavy atom. The zero-order valence-electron chi connectivity index (χ0n) is 15.5. The highest BCUT2D eigenvalue weighted by molar-refractivity contribution is 5.94. The number of rotatable bonds is 5. The van der Waals surface area contributed by atoms with Gasteiger partial charge in [0.05, 0.1) is 23.1 Å². The number of nitrogens with zero attached hydrogens (tertiary/aromatic N) is 2. The van der Waals surface area contributed by atoms with Gasteiger partial charge in [0.25, 0.3) is 5.91 Å². The number of carbonyl (C=O) groups is 2. The summed E-state index contributed by atoms with van der Waals surface area (Å²) in [6.07, 6.45) is 0. The summed E-state index contributed by atoms with van der Waals surface area (Å²) in [6.45, 7) is 7.26. The molecule has 0 fully saturated rings. The van der Waals surface area contributed by atoms with E-state index in [-0.39, 0.29) is 23.8 Å². The topological polar surface area (TPSA) is 64.0 Å². The number of aryl methyl sites for hydroxylation is 1. The molecule has 3 aromatic rings. The molecule has 1 aromatic heterocycles. The molecule has 2 aromatic carbocycles. The lowest BCUT2D eigenvalue weighted by Gasteiger charge is -2.20. The number of ketones is 1. The van der Waals surface area contributed by atoms with Crippen LogP contribution in [0.25, 0.3) is 11.0 Å². The van der Waals surface area contributed by atoms with Gasteiger partial charge in [-0.05, 0) is 52.0 Å². The molecule has 2 atom stereocenters. The molecule has 5 nitrogen and oxygen atoms in total. The maximum absolute atomic E-state index is 12.6. The van der Waals surface area contributed by atoms with Gasteiger partial charge < -0.3 is 9.88 Å². The second kappa shape index (κ2) is 7.12. The smallest absolute Gasteiger partial charge is 0.251 e. The van der Waals surface area contributed by atoms with Crippen molar-refractivity contribution < 1.29 is 9.59 Å². The molecular weight excluding hydrogens is 326 g/mol. The zero-order valence-corrected chi connectivity index (χ0v) is 15.5. The van der Waals surface area contributed by atoms with Crippen molar-refractivity contribution >= 4 is 22.7 Å². The molecule has 1 amide bonds. The van der Waals surface area contributed by atoms with Gasteiger partial charge in [0.15, 0.2) is 5.78 Å². The van der Waals surface area contributed by atoms with Gasteiger partial charge in [0, 0.05) is 5.56 Å². The molecule has 0 radical (unpaired) electrons. The first-order chi connectivity index (χ1) is 12.4. The monoisotopic (exact) mass is 349 g/mol. The molecule has 2 unspecified atom stereocenters. The minimum atomic E-state index is -0.351. The number of nitrogens with one attached hydrogen (secondary N) is 1. The second-order valence-electron chi connectivity index (χ2n) is 6.68. The van der Waals surface area contributed by atoms with Crippen LogP contribution in [0.1, 0.15) is 54.6 Å². The van der Waals surface area contributed by atoms with Crippen LogP contribution in [0.5, 0.6) is 0 Å². The number of para-hydroxylation sites is 2. The highest BCUT2D eigenvalue weighted by atomic mass is 16.1.